The maximum Gasteiger partial charge on any atom is 0.335 e. The summed E-state index contributed by atoms with van der Waals surface area (Å²) in [5, 5.41) is 9.85. The van der Waals surface area contributed by atoms with Crippen molar-refractivity contribution in [3.05, 3.63) is 88.3 Å². The number of thioether (sulfide) groups is 1. The SMILES string of the molecule is CCN1C(=O)/C(=C\c2cccc(OC)c2OCc2cccc(C(=O)O)c2)SC1=Nc1ccc(OC)cc1. The zero-order valence-electron chi connectivity index (χ0n) is 20.6. The number of ether oxygens (including phenoxy) is 3. The highest BCUT2D eigenvalue weighted by Gasteiger charge is 2.32. The summed E-state index contributed by atoms with van der Waals surface area (Å²) in [6, 6.07) is 19.3. The number of carbonyl (C=O) groups is 2. The van der Waals surface area contributed by atoms with E-state index in [0.717, 1.165) is 5.75 Å². The molecule has 0 aromatic heterocycles. The third kappa shape index (κ3) is 5.95. The molecule has 0 saturated carbocycles. The van der Waals surface area contributed by atoms with Crippen molar-refractivity contribution < 1.29 is 28.9 Å². The number of aromatic carboxylic acids is 1. The second kappa shape index (κ2) is 11.7. The summed E-state index contributed by atoms with van der Waals surface area (Å²) in [7, 11) is 3.14. The Kier molecular flexibility index (Phi) is 8.15. The van der Waals surface area contributed by atoms with Crippen molar-refractivity contribution in [1.29, 1.82) is 0 Å². The molecule has 37 heavy (non-hydrogen) atoms. The Hall–Kier alpha value is -4.24. The van der Waals surface area contributed by atoms with Crippen LogP contribution in [-0.2, 0) is 11.4 Å². The molecule has 1 saturated heterocycles. The minimum Gasteiger partial charge on any atom is -0.497 e. The van der Waals surface area contributed by atoms with Crippen LogP contribution in [-0.4, -0.2) is 47.8 Å². The van der Waals surface area contributed by atoms with Crippen LogP contribution in [0.5, 0.6) is 17.2 Å². The minimum atomic E-state index is -1.01. The molecule has 1 heterocycles. The summed E-state index contributed by atoms with van der Waals surface area (Å²) in [6.45, 7) is 2.50. The van der Waals surface area contributed by atoms with Gasteiger partial charge in [-0.05, 0) is 72.8 Å². The molecule has 9 heteroatoms. The lowest BCUT2D eigenvalue weighted by Gasteiger charge is -2.14. The van der Waals surface area contributed by atoms with Gasteiger partial charge in [0.2, 0.25) is 0 Å². The predicted molar refractivity (Wildman–Crippen MR) is 144 cm³/mol. The Balaban J connectivity index is 1.63. The molecule has 1 amide bonds. The first kappa shape index (κ1) is 25.8. The monoisotopic (exact) mass is 518 g/mol. The standard InChI is InChI=1S/C28H26N2O6S/c1-4-30-26(31)24(37-28(30)29-21-11-13-22(34-2)14-12-21)16-19-8-6-10-23(35-3)25(19)36-17-18-7-5-9-20(15-18)27(32)33/h5-16H,4,17H2,1-3H3,(H,32,33)/b24-16+,29-28?. The van der Waals surface area contributed by atoms with Crippen molar-refractivity contribution in [2.45, 2.75) is 13.5 Å². The number of nitrogens with zero attached hydrogens (tertiary/aromatic N) is 2. The van der Waals surface area contributed by atoms with Gasteiger partial charge in [-0.2, -0.15) is 0 Å². The normalized spacial score (nSPS) is 15.3. The number of benzene rings is 3. The first-order valence-electron chi connectivity index (χ1n) is 11.5. The van der Waals surface area contributed by atoms with Gasteiger partial charge in [0.25, 0.3) is 5.91 Å². The maximum atomic E-state index is 13.2. The molecule has 0 spiro atoms. The molecule has 3 aromatic rings. The molecule has 8 nitrogen and oxygen atoms in total. The molecule has 0 aliphatic carbocycles. The third-order valence-corrected chi connectivity index (χ3v) is 6.58. The molecule has 0 bridgehead atoms. The minimum absolute atomic E-state index is 0.129. The maximum absolute atomic E-state index is 13.2. The van der Waals surface area contributed by atoms with Crippen LogP contribution in [0.1, 0.15) is 28.4 Å². The zero-order chi connectivity index (χ0) is 26.4. The molecular formula is C28H26N2O6S. The van der Waals surface area contributed by atoms with Gasteiger partial charge in [0.1, 0.15) is 12.4 Å². The molecule has 0 atom stereocenters. The zero-order valence-corrected chi connectivity index (χ0v) is 21.5. The van der Waals surface area contributed by atoms with Crippen molar-refractivity contribution in [3.8, 4) is 17.2 Å². The highest BCUT2D eigenvalue weighted by Crippen LogP contribution is 2.38. The average Bonchev–Trinajstić information content (AvgIpc) is 3.21. The van der Waals surface area contributed by atoms with Crippen LogP contribution in [0.3, 0.4) is 0 Å². The molecule has 0 radical (unpaired) electrons. The van der Waals surface area contributed by atoms with Crippen LogP contribution in [0.15, 0.2) is 76.6 Å². The van der Waals surface area contributed by atoms with Gasteiger partial charge < -0.3 is 19.3 Å². The van der Waals surface area contributed by atoms with Gasteiger partial charge in [-0.1, -0.05) is 24.3 Å². The number of carboxylic acid groups (broad SMARTS) is 1. The first-order chi connectivity index (χ1) is 17.9. The Morgan fingerprint density at radius 1 is 1.05 bits per heavy atom. The Bertz CT molecular complexity index is 1370. The average molecular weight is 519 g/mol. The van der Waals surface area contributed by atoms with Crippen molar-refractivity contribution in [1.82, 2.24) is 4.90 Å². The number of carbonyl (C=O) groups excluding carboxylic acids is 1. The van der Waals surface area contributed by atoms with E-state index in [2.05, 4.69) is 4.99 Å². The van der Waals surface area contributed by atoms with Gasteiger partial charge in [-0.25, -0.2) is 9.79 Å². The Morgan fingerprint density at radius 2 is 1.81 bits per heavy atom. The fourth-order valence-corrected chi connectivity index (χ4v) is 4.74. The van der Waals surface area contributed by atoms with Gasteiger partial charge in [0.15, 0.2) is 16.7 Å². The smallest absolute Gasteiger partial charge is 0.335 e. The van der Waals surface area contributed by atoms with E-state index in [1.807, 2.05) is 43.3 Å². The fourth-order valence-electron chi connectivity index (χ4n) is 3.69. The number of amidine groups is 1. The van der Waals surface area contributed by atoms with Gasteiger partial charge >= 0.3 is 5.97 Å². The van der Waals surface area contributed by atoms with E-state index in [1.165, 1.54) is 24.9 Å². The lowest BCUT2D eigenvalue weighted by molar-refractivity contribution is -0.122. The van der Waals surface area contributed by atoms with Crippen LogP contribution in [0.2, 0.25) is 0 Å². The number of carboxylic acids is 1. The molecule has 1 N–H and O–H groups in total. The van der Waals surface area contributed by atoms with Crippen molar-refractivity contribution in [2.24, 2.45) is 4.99 Å². The second-order valence-electron chi connectivity index (χ2n) is 7.93. The van der Waals surface area contributed by atoms with E-state index >= 15 is 0 Å². The van der Waals surface area contributed by atoms with Crippen LogP contribution >= 0.6 is 11.8 Å². The van der Waals surface area contributed by atoms with Crippen LogP contribution in [0, 0.1) is 0 Å². The van der Waals surface area contributed by atoms with Crippen molar-refractivity contribution >= 4 is 40.6 Å². The van der Waals surface area contributed by atoms with Crippen molar-refractivity contribution in [3.63, 3.8) is 0 Å². The van der Waals surface area contributed by atoms with E-state index < -0.39 is 5.97 Å². The lowest BCUT2D eigenvalue weighted by atomic mass is 10.1. The number of rotatable bonds is 9. The highest BCUT2D eigenvalue weighted by molar-refractivity contribution is 8.18. The summed E-state index contributed by atoms with van der Waals surface area (Å²) in [5.41, 5.74) is 2.25. The lowest BCUT2D eigenvalue weighted by Crippen LogP contribution is -2.28. The van der Waals surface area contributed by atoms with Crippen LogP contribution in [0.25, 0.3) is 6.08 Å². The molecule has 1 aliphatic rings. The third-order valence-electron chi connectivity index (χ3n) is 5.57. The van der Waals surface area contributed by atoms with Crippen LogP contribution < -0.4 is 14.2 Å². The number of likely N-dealkylation sites (N-methyl/N-ethyl adjacent to an activating group) is 1. The molecule has 3 aromatic carbocycles. The number of hydrogen-bond donors (Lipinski definition) is 1. The number of aliphatic imine (C=N–C) groups is 1. The summed E-state index contributed by atoms with van der Waals surface area (Å²) < 4.78 is 16.8. The molecular weight excluding hydrogens is 492 g/mol. The number of methoxy groups -OCH3 is 2. The molecule has 1 fully saturated rings. The molecule has 4 rings (SSSR count). The summed E-state index contributed by atoms with van der Waals surface area (Å²) in [4.78, 5) is 31.3. The van der Waals surface area contributed by atoms with E-state index in [4.69, 9.17) is 14.2 Å². The fraction of sp³-hybridized carbons (Fsp3) is 0.179. The summed E-state index contributed by atoms with van der Waals surface area (Å²) in [5.74, 6) is 0.526. The molecule has 1 aliphatic heterocycles. The van der Waals surface area contributed by atoms with E-state index in [9.17, 15) is 14.7 Å². The highest BCUT2D eigenvalue weighted by atomic mass is 32.2. The second-order valence-corrected chi connectivity index (χ2v) is 8.93. The van der Waals surface area contributed by atoms with Crippen molar-refractivity contribution in [2.75, 3.05) is 20.8 Å². The Labute approximate surface area is 219 Å². The number of para-hydroxylation sites is 1. The van der Waals surface area contributed by atoms with Gasteiger partial charge in [0, 0.05) is 12.1 Å². The predicted octanol–water partition coefficient (Wildman–Crippen LogP) is 5.60. The largest absolute Gasteiger partial charge is 0.497 e. The van der Waals surface area contributed by atoms with Gasteiger partial charge in [-0.15, -0.1) is 0 Å². The summed E-state index contributed by atoms with van der Waals surface area (Å²) in [6.07, 6.45) is 1.76. The van der Waals surface area contributed by atoms with Gasteiger partial charge in [-0.3, -0.25) is 9.69 Å². The number of amides is 1. The van der Waals surface area contributed by atoms with E-state index in [-0.39, 0.29) is 18.1 Å². The summed E-state index contributed by atoms with van der Waals surface area (Å²) >= 11 is 1.29. The van der Waals surface area contributed by atoms with Crippen LogP contribution in [0.4, 0.5) is 5.69 Å². The van der Waals surface area contributed by atoms with E-state index in [0.29, 0.717) is 44.9 Å². The quantitative estimate of drug-likeness (QED) is 0.368. The Morgan fingerprint density at radius 3 is 2.49 bits per heavy atom. The topological polar surface area (TPSA) is 97.7 Å². The molecule has 0 unspecified atom stereocenters. The number of hydrogen-bond acceptors (Lipinski definition) is 7. The molecule has 190 valence electrons. The van der Waals surface area contributed by atoms with E-state index in [1.54, 1.807) is 42.4 Å². The first-order valence-corrected chi connectivity index (χ1v) is 12.3. The van der Waals surface area contributed by atoms with Gasteiger partial charge in [0.05, 0.1) is 30.4 Å².